The second-order valence-corrected chi connectivity index (χ2v) is 5.55. The smallest absolute Gasteiger partial charge is 0.251 e. The van der Waals surface area contributed by atoms with Gasteiger partial charge in [0.25, 0.3) is 5.91 Å². The Kier molecular flexibility index (Phi) is 4.34. The predicted molar refractivity (Wildman–Crippen MR) is 91.1 cm³/mol. The molecule has 2 N–H and O–H groups in total. The van der Waals surface area contributed by atoms with E-state index in [1.807, 2.05) is 60.0 Å². The van der Waals surface area contributed by atoms with Crippen molar-refractivity contribution in [1.82, 2.24) is 20.1 Å². The molecule has 5 nitrogen and oxygen atoms in total. The second-order valence-electron chi connectivity index (χ2n) is 5.17. The standard InChI is InChI=1S/C17H16N4OS/c1-12-6-5-7-13(10-12)16(22)18-11-15-19-20-17(23)21(15)14-8-3-2-4-9-14/h2-10H,11H2,1H3,(H,18,22)(H,20,23). The Labute approximate surface area is 139 Å². The van der Waals surface area contributed by atoms with Crippen molar-refractivity contribution in [3.05, 3.63) is 76.3 Å². The average Bonchev–Trinajstić information content (AvgIpc) is 2.94. The van der Waals surface area contributed by atoms with Gasteiger partial charge >= 0.3 is 0 Å². The van der Waals surface area contributed by atoms with Gasteiger partial charge in [-0.3, -0.25) is 14.5 Å². The zero-order valence-electron chi connectivity index (χ0n) is 12.6. The first-order valence-corrected chi connectivity index (χ1v) is 7.62. The first-order chi connectivity index (χ1) is 11.1. The molecule has 0 radical (unpaired) electrons. The SMILES string of the molecule is Cc1cccc(C(=O)NCc2n[nH]c(=S)n2-c2ccccc2)c1. The van der Waals surface area contributed by atoms with Crippen LogP contribution in [0.4, 0.5) is 0 Å². The highest BCUT2D eigenvalue weighted by molar-refractivity contribution is 7.71. The van der Waals surface area contributed by atoms with Gasteiger partial charge in [0, 0.05) is 11.3 Å². The number of carbonyl (C=O) groups is 1. The molecule has 0 saturated heterocycles. The van der Waals surface area contributed by atoms with E-state index in [9.17, 15) is 4.79 Å². The summed E-state index contributed by atoms with van der Waals surface area (Å²) < 4.78 is 2.31. The fourth-order valence-electron chi connectivity index (χ4n) is 2.34. The van der Waals surface area contributed by atoms with Gasteiger partial charge in [0.2, 0.25) is 0 Å². The van der Waals surface area contributed by atoms with Gasteiger partial charge in [0.15, 0.2) is 10.6 Å². The number of para-hydroxylation sites is 1. The third kappa shape index (κ3) is 3.37. The van der Waals surface area contributed by atoms with Crippen LogP contribution in [-0.2, 0) is 6.54 Å². The molecule has 6 heteroatoms. The topological polar surface area (TPSA) is 62.7 Å². The molecule has 0 aliphatic carbocycles. The quantitative estimate of drug-likeness (QED) is 0.725. The Hall–Kier alpha value is -2.73. The summed E-state index contributed by atoms with van der Waals surface area (Å²) in [6.07, 6.45) is 0. The van der Waals surface area contributed by atoms with Gasteiger partial charge in [-0.2, -0.15) is 5.10 Å². The van der Waals surface area contributed by atoms with Gasteiger partial charge < -0.3 is 5.32 Å². The first kappa shape index (κ1) is 15.2. The van der Waals surface area contributed by atoms with E-state index < -0.39 is 0 Å². The number of amides is 1. The van der Waals surface area contributed by atoms with E-state index in [1.54, 1.807) is 6.07 Å². The molecule has 23 heavy (non-hydrogen) atoms. The van der Waals surface area contributed by atoms with Crippen LogP contribution in [0, 0.1) is 11.7 Å². The van der Waals surface area contributed by atoms with Crippen molar-refractivity contribution < 1.29 is 4.79 Å². The lowest BCUT2D eigenvalue weighted by molar-refractivity contribution is 0.0949. The van der Waals surface area contributed by atoms with Crippen LogP contribution in [0.15, 0.2) is 54.6 Å². The molecule has 0 unspecified atom stereocenters. The van der Waals surface area contributed by atoms with E-state index in [-0.39, 0.29) is 12.5 Å². The molecular weight excluding hydrogens is 308 g/mol. The molecule has 0 spiro atoms. The summed E-state index contributed by atoms with van der Waals surface area (Å²) in [6, 6.07) is 17.1. The molecule has 0 aliphatic rings. The van der Waals surface area contributed by atoms with Gasteiger partial charge in [-0.05, 0) is 43.4 Å². The molecule has 1 aromatic heterocycles. The Morgan fingerprint density at radius 2 is 2.00 bits per heavy atom. The van der Waals surface area contributed by atoms with Crippen LogP contribution >= 0.6 is 12.2 Å². The van der Waals surface area contributed by atoms with E-state index in [2.05, 4.69) is 15.5 Å². The van der Waals surface area contributed by atoms with Crippen molar-refractivity contribution in [3.8, 4) is 5.69 Å². The Bertz CT molecular complexity index is 883. The highest BCUT2D eigenvalue weighted by Gasteiger charge is 2.11. The van der Waals surface area contributed by atoms with E-state index in [1.165, 1.54) is 0 Å². The van der Waals surface area contributed by atoms with Crippen LogP contribution in [0.2, 0.25) is 0 Å². The summed E-state index contributed by atoms with van der Waals surface area (Å²) in [5.41, 5.74) is 2.58. The van der Waals surface area contributed by atoms with Gasteiger partial charge in [-0.15, -0.1) is 0 Å². The number of aromatic amines is 1. The third-order valence-electron chi connectivity index (χ3n) is 3.44. The number of hydrogen-bond acceptors (Lipinski definition) is 3. The number of rotatable bonds is 4. The second kappa shape index (κ2) is 6.58. The number of benzene rings is 2. The third-order valence-corrected chi connectivity index (χ3v) is 3.72. The van der Waals surface area contributed by atoms with Crippen LogP contribution in [0.5, 0.6) is 0 Å². The molecule has 1 amide bonds. The summed E-state index contributed by atoms with van der Waals surface area (Å²) in [4.78, 5) is 12.2. The number of hydrogen-bond donors (Lipinski definition) is 2. The van der Waals surface area contributed by atoms with Crippen molar-refractivity contribution in [2.75, 3.05) is 0 Å². The van der Waals surface area contributed by atoms with Gasteiger partial charge in [0.1, 0.15) is 0 Å². The minimum absolute atomic E-state index is 0.137. The van der Waals surface area contributed by atoms with Gasteiger partial charge in [-0.1, -0.05) is 35.9 Å². The summed E-state index contributed by atoms with van der Waals surface area (Å²) in [5, 5.41) is 9.86. The average molecular weight is 324 g/mol. The van der Waals surface area contributed by atoms with E-state index in [0.29, 0.717) is 16.2 Å². The summed E-state index contributed by atoms with van der Waals surface area (Å²) in [5.74, 6) is 0.518. The number of carbonyl (C=O) groups excluding carboxylic acids is 1. The van der Waals surface area contributed by atoms with Gasteiger partial charge in [-0.25, -0.2) is 0 Å². The lowest BCUT2D eigenvalue weighted by Gasteiger charge is -2.08. The van der Waals surface area contributed by atoms with Crippen LogP contribution in [0.1, 0.15) is 21.7 Å². The van der Waals surface area contributed by atoms with Crippen molar-refractivity contribution in [1.29, 1.82) is 0 Å². The molecule has 0 fully saturated rings. The minimum atomic E-state index is -0.137. The van der Waals surface area contributed by atoms with Crippen LogP contribution in [0.3, 0.4) is 0 Å². The lowest BCUT2D eigenvalue weighted by Crippen LogP contribution is -2.24. The maximum absolute atomic E-state index is 12.2. The first-order valence-electron chi connectivity index (χ1n) is 7.22. The van der Waals surface area contributed by atoms with Gasteiger partial charge in [0.05, 0.1) is 6.54 Å². The molecule has 1 heterocycles. The highest BCUT2D eigenvalue weighted by Crippen LogP contribution is 2.11. The maximum atomic E-state index is 12.2. The lowest BCUT2D eigenvalue weighted by atomic mass is 10.1. The number of nitrogens with one attached hydrogen (secondary N) is 2. The number of nitrogens with zero attached hydrogens (tertiary/aromatic N) is 2. The molecular formula is C17H16N4OS. The normalized spacial score (nSPS) is 10.5. The zero-order chi connectivity index (χ0) is 16.2. The molecule has 3 aromatic rings. The number of aryl methyl sites for hydroxylation is 1. The molecule has 2 aromatic carbocycles. The van der Waals surface area contributed by atoms with Crippen LogP contribution in [-0.4, -0.2) is 20.7 Å². The Balaban J connectivity index is 1.80. The van der Waals surface area contributed by atoms with Crippen molar-refractivity contribution >= 4 is 18.1 Å². The molecule has 0 saturated carbocycles. The number of aromatic nitrogens is 3. The molecule has 116 valence electrons. The zero-order valence-corrected chi connectivity index (χ0v) is 13.4. The minimum Gasteiger partial charge on any atom is -0.345 e. The summed E-state index contributed by atoms with van der Waals surface area (Å²) in [7, 11) is 0. The molecule has 0 aliphatic heterocycles. The largest absolute Gasteiger partial charge is 0.345 e. The van der Waals surface area contributed by atoms with E-state index in [0.717, 1.165) is 11.3 Å². The van der Waals surface area contributed by atoms with E-state index >= 15 is 0 Å². The van der Waals surface area contributed by atoms with Crippen molar-refractivity contribution in [2.45, 2.75) is 13.5 Å². The van der Waals surface area contributed by atoms with Crippen LogP contribution < -0.4 is 5.32 Å². The highest BCUT2D eigenvalue weighted by atomic mass is 32.1. The Morgan fingerprint density at radius 1 is 1.22 bits per heavy atom. The predicted octanol–water partition coefficient (Wildman–Crippen LogP) is 3.17. The van der Waals surface area contributed by atoms with Crippen molar-refractivity contribution in [2.24, 2.45) is 0 Å². The van der Waals surface area contributed by atoms with Crippen LogP contribution in [0.25, 0.3) is 5.69 Å². The summed E-state index contributed by atoms with van der Waals surface area (Å²) >= 11 is 5.28. The maximum Gasteiger partial charge on any atom is 0.251 e. The molecule has 0 atom stereocenters. The fourth-order valence-corrected chi connectivity index (χ4v) is 2.60. The monoisotopic (exact) mass is 324 g/mol. The van der Waals surface area contributed by atoms with E-state index in [4.69, 9.17) is 12.2 Å². The Morgan fingerprint density at radius 3 is 2.74 bits per heavy atom. The molecule has 0 bridgehead atoms. The fraction of sp³-hybridized carbons (Fsp3) is 0.118. The van der Waals surface area contributed by atoms with Crippen molar-refractivity contribution in [3.63, 3.8) is 0 Å². The number of H-pyrrole nitrogens is 1. The molecule has 3 rings (SSSR count). The summed E-state index contributed by atoms with van der Waals surface area (Å²) in [6.45, 7) is 2.24.